The second-order valence-corrected chi connectivity index (χ2v) is 6.32. The van der Waals surface area contributed by atoms with E-state index in [1.54, 1.807) is 38.2 Å². The van der Waals surface area contributed by atoms with Gasteiger partial charge < -0.3 is 10.2 Å². The van der Waals surface area contributed by atoms with Crippen LogP contribution in [-0.2, 0) is 16.6 Å². The van der Waals surface area contributed by atoms with Crippen LogP contribution in [0.4, 0.5) is 0 Å². The molecule has 1 aromatic carbocycles. The highest BCUT2D eigenvalue weighted by Crippen LogP contribution is 2.16. The molecular weight excluding hydrogens is 278 g/mol. The molecule has 3 N–H and O–H groups in total. The van der Waals surface area contributed by atoms with Gasteiger partial charge in [-0.15, -0.1) is 0 Å². The number of sulfonamides is 1. The van der Waals surface area contributed by atoms with Gasteiger partial charge in [-0.2, -0.15) is 0 Å². The third kappa shape index (κ3) is 3.44. The average Bonchev–Trinajstić information content (AvgIpc) is 2.82. The molecule has 0 saturated carbocycles. The summed E-state index contributed by atoms with van der Waals surface area (Å²) in [5.74, 6) is 0.965. The number of oxazole rings is 1. The second-order valence-electron chi connectivity index (χ2n) is 4.55. The molecule has 0 aliphatic rings. The normalized spacial score (nSPS) is 13.3. The maximum atomic E-state index is 12.2. The largest absolute Gasteiger partial charge is 0.445 e. The number of benzene rings is 1. The Bertz CT molecular complexity index is 692. The summed E-state index contributed by atoms with van der Waals surface area (Å²) >= 11 is 0. The summed E-state index contributed by atoms with van der Waals surface area (Å²) in [4.78, 5) is 4.12. The number of nitrogens with zero attached hydrogens (tertiary/aromatic N) is 1. The number of rotatable bonds is 5. The summed E-state index contributed by atoms with van der Waals surface area (Å²) in [6.45, 7) is 3.56. The van der Waals surface area contributed by atoms with Crippen LogP contribution >= 0.6 is 0 Å². The first kappa shape index (κ1) is 14.7. The molecule has 1 aromatic heterocycles. The van der Waals surface area contributed by atoms with Crippen molar-refractivity contribution in [2.75, 3.05) is 0 Å². The lowest BCUT2D eigenvalue weighted by Gasteiger charge is -2.09. The first-order chi connectivity index (χ1) is 9.38. The highest BCUT2D eigenvalue weighted by Gasteiger charge is 2.16. The zero-order valence-electron chi connectivity index (χ0n) is 11.3. The molecule has 0 bridgehead atoms. The monoisotopic (exact) mass is 295 g/mol. The van der Waals surface area contributed by atoms with E-state index in [1.165, 1.54) is 6.07 Å². The fraction of sp³-hybridized carbons (Fsp3) is 0.308. The Balaban J connectivity index is 2.15. The third-order valence-corrected chi connectivity index (χ3v) is 4.18. The molecular formula is C13H17N3O3S. The fourth-order valence-corrected chi connectivity index (χ4v) is 2.72. The second kappa shape index (κ2) is 5.74. The van der Waals surface area contributed by atoms with Crippen LogP contribution in [0.3, 0.4) is 0 Å². The quantitative estimate of drug-likeness (QED) is 0.870. The third-order valence-electron chi connectivity index (χ3n) is 2.78. The predicted molar refractivity (Wildman–Crippen MR) is 74.3 cm³/mol. The lowest BCUT2D eigenvalue weighted by Crippen LogP contribution is -2.23. The van der Waals surface area contributed by atoms with Gasteiger partial charge in [0.15, 0.2) is 0 Å². The van der Waals surface area contributed by atoms with Gasteiger partial charge in [0.05, 0.1) is 17.6 Å². The maximum Gasteiger partial charge on any atom is 0.241 e. The van der Waals surface area contributed by atoms with Crippen LogP contribution in [0.25, 0.3) is 0 Å². The minimum Gasteiger partial charge on any atom is -0.445 e. The summed E-state index contributed by atoms with van der Waals surface area (Å²) in [5, 5.41) is 0. The van der Waals surface area contributed by atoms with E-state index in [0.717, 1.165) is 5.56 Å². The highest BCUT2D eigenvalue weighted by atomic mass is 32.2. The lowest BCUT2D eigenvalue weighted by atomic mass is 10.1. The zero-order chi connectivity index (χ0) is 14.8. The minimum absolute atomic E-state index is 0.0125. The van der Waals surface area contributed by atoms with Crippen molar-refractivity contribution in [1.82, 2.24) is 9.71 Å². The number of nitrogens with two attached hydrogens (primary N) is 1. The van der Waals surface area contributed by atoms with Crippen molar-refractivity contribution in [2.45, 2.75) is 31.3 Å². The summed E-state index contributed by atoms with van der Waals surface area (Å²) in [6, 6.07) is 6.33. The SMILES string of the molecule is Cc1cnc(CNS(=O)(=O)c2cccc(C(C)N)c2)o1. The van der Waals surface area contributed by atoms with E-state index in [1.807, 2.05) is 0 Å². The molecule has 0 saturated heterocycles. The van der Waals surface area contributed by atoms with Crippen molar-refractivity contribution < 1.29 is 12.8 Å². The van der Waals surface area contributed by atoms with Crippen molar-refractivity contribution in [3.8, 4) is 0 Å². The Morgan fingerprint density at radius 2 is 2.20 bits per heavy atom. The molecule has 2 aromatic rings. The number of nitrogens with one attached hydrogen (secondary N) is 1. The fourth-order valence-electron chi connectivity index (χ4n) is 1.69. The smallest absolute Gasteiger partial charge is 0.241 e. The molecule has 0 spiro atoms. The van der Waals surface area contributed by atoms with Gasteiger partial charge in [0.25, 0.3) is 0 Å². The zero-order valence-corrected chi connectivity index (χ0v) is 12.1. The van der Waals surface area contributed by atoms with E-state index in [2.05, 4.69) is 9.71 Å². The molecule has 0 amide bonds. The van der Waals surface area contributed by atoms with E-state index >= 15 is 0 Å². The van der Waals surface area contributed by atoms with Crippen LogP contribution < -0.4 is 10.5 Å². The number of hydrogen-bond donors (Lipinski definition) is 2. The lowest BCUT2D eigenvalue weighted by molar-refractivity contribution is 0.463. The van der Waals surface area contributed by atoms with E-state index in [9.17, 15) is 8.42 Å². The first-order valence-electron chi connectivity index (χ1n) is 6.15. The van der Waals surface area contributed by atoms with Crippen LogP contribution in [0, 0.1) is 6.92 Å². The average molecular weight is 295 g/mol. The molecule has 1 unspecified atom stereocenters. The van der Waals surface area contributed by atoms with Gasteiger partial charge in [0.1, 0.15) is 5.76 Å². The Morgan fingerprint density at radius 3 is 2.80 bits per heavy atom. The van der Waals surface area contributed by atoms with Crippen molar-refractivity contribution in [2.24, 2.45) is 5.73 Å². The van der Waals surface area contributed by atoms with Gasteiger partial charge in [0.2, 0.25) is 15.9 Å². The molecule has 6 nitrogen and oxygen atoms in total. The molecule has 7 heteroatoms. The van der Waals surface area contributed by atoms with Gasteiger partial charge in [-0.05, 0) is 31.5 Å². The van der Waals surface area contributed by atoms with Gasteiger partial charge in [-0.3, -0.25) is 0 Å². The van der Waals surface area contributed by atoms with Crippen molar-refractivity contribution in [1.29, 1.82) is 0 Å². The van der Waals surface area contributed by atoms with Crippen LogP contribution in [-0.4, -0.2) is 13.4 Å². The van der Waals surface area contributed by atoms with Crippen LogP contribution in [0.1, 0.15) is 30.2 Å². The summed E-state index contributed by atoms with van der Waals surface area (Å²) < 4.78 is 32.0. The van der Waals surface area contributed by atoms with Crippen LogP contribution in [0.5, 0.6) is 0 Å². The van der Waals surface area contributed by atoms with Gasteiger partial charge >= 0.3 is 0 Å². The number of aromatic nitrogens is 1. The van der Waals surface area contributed by atoms with Gasteiger partial charge in [-0.1, -0.05) is 12.1 Å². The Kier molecular flexibility index (Phi) is 4.22. The van der Waals surface area contributed by atoms with Crippen molar-refractivity contribution in [3.63, 3.8) is 0 Å². The Hall–Kier alpha value is -1.70. The molecule has 0 aliphatic carbocycles. The molecule has 0 radical (unpaired) electrons. The van der Waals surface area contributed by atoms with Gasteiger partial charge in [0, 0.05) is 6.04 Å². The Labute approximate surface area is 118 Å². The molecule has 20 heavy (non-hydrogen) atoms. The van der Waals surface area contributed by atoms with Crippen LogP contribution in [0.2, 0.25) is 0 Å². The maximum absolute atomic E-state index is 12.2. The first-order valence-corrected chi connectivity index (χ1v) is 7.63. The predicted octanol–water partition coefficient (Wildman–Crippen LogP) is 1.48. The van der Waals surface area contributed by atoms with E-state index in [0.29, 0.717) is 11.7 Å². The number of aryl methyl sites for hydroxylation is 1. The van der Waals surface area contributed by atoms with E-state index in [-0.39, 0.29) is 17.5 Å². The summed E-state index contributed by atoms with van der Waals surface area (Å²) in [6.07, 6.45) is 1.54. The molecule has 2 rings (SSSR count). The summed E-state index contributed by atoms with van der Waals surface area (Å²) in [7, 11) is -3.61. The molecule has 0 aliphatic heterocycles. The van der Waals surface area contributed by atoms with Crippen molar-refractivity contribution in [3.05, 3.63) is 47.7 Å². The highest BCUT2D eigenvalue weighted by molar-refractivity contribution is 7.89. The number of hydrogen-bond acceptors (Lipinski definition) is 5. The molecule has 0 fully saturated rings. The van der Waals surface area contributed by atoms with E-state index < -0.39 is 10.0 Å². The van der Waals surface area contributed by atoms with Gasteiger partial charge in [-0.25, -0.2) is 18.1 Å². The summed E-state index contributed by atoms with van der Waals surface area (Å²) in [5.41, 5.74) is 6.52. The van der Waals surface area contributed by atoms with E-state index in [4.69, 9.17) is 10.2 Å². The van der Waals surface area contributed by atoms with Crippen LogP contribution in [0.15, 0.2) is 39.8 Å². The standard InChI is InChI=1S/C13H17N3O3S/c1-9-7-15-13(19-9)8-16-20(17,18)12-5-3-4-11(6-12)10(2)14/h3-7,10,16H,8,14H2,1-2H3. The Morgan fingerprint density at radius 1 is 1.45 bits per heavy atom. The topological polar surface area (TPSA) is 98.2 Å². The molecule has 1 heterocycles. The van der Waals surface area contributed by atoms with Crippen molar-refractivity contribution >= 4 is 10.0 Å². The molecule has 108 valence electrons. The minimum atomic E-state index is -3.61. The molecule has 1 atom stereocenters.